The standard InChI is InChI=1S/C19H30N2O/c1-22-18-8-4-5-15(11-18)13-21-10-9-16(14-21)12-19(20)17-6-2-3-7-17/h4-5,8,11,16-17,19H,2-3,6-7,9-10,12-14,20H2,1H3. The molecule has 2 aliphatic rings. The van der Waals surface area contributed by atoms with Crippen molar-refractivity contribution < 1.29 is 4.74 Å². The third-order valence-electron chi connectivity index (χ3n) is 5.52. The summed E-state index contributed by atoms with van der Waals surface area (Å²) in [6.07, 6.45) is 8.04. The van der Waals surface area contributed by atoms with E-state index in [1.807, 2.05) is 6.07 Å². The zero-order valence-electron chi connectivity index (χ0n) is 13.8. The second kappa shape index (κ2) is 7.47. The Morgan fingerprint density at radius 1 is 1.27 bits per heavy atom. The van der Waals surface area contributed by atoms with E-state index in [1.165, 1.54) is 57.2 Å². The molecule has 0 amide bonds. The number of rotatable bonds is 6. The summed E-state index contributed by atoms with van der Waals surface area (Å²) in [6.45, 7) is 3.45. The van der Waals surface area contributed by atoms with E-state index in [0.29, 0.717) is 6.04 Å². The Morgan fingerprint density at radius 3 is 2.86 bits per heavy atom. The van der Waals surface area contributed by atoms with Gasteiger partial charge in [-0.3, -0.25) is 4.90 Å². The van der Waals surface area contributed by atoms with E-state index in [9.17, 15) is 0 Å². The highest BCUT2D eigenvalue weighted by molar-refractivity contribution is 5.28. The quantitative estimate of drug-likeness (QED) is 0.875. The molecule has 1 saturated heterocycles. The highest BCUT2D eigenvalue weighted by Gasteiger charge is 2.28. The molecular formula is C19H30N2O. The molecule has 1 aromatic rings. The SMILES string of the molecule is COc1cccc(CN2CCC(CC(N)C3CCCC3)C2)c1. The van der Waals surface area contributed by atoms with Crippen LogP contribution in [0.15, 0.2) is 24.3 Å². The molecule has 0 spiro atoms. The van der Waals surface area contributed by atoms with Crippen LogP contribution < -0.4 is 10.5 Å². The number of nitrogens with two attached hydrogens (primary N) is 1. The first kappa shape index (κ1) is 15.8. The Morgan fingerprint density at radius 2 is 2.09 bits per heavy atom. The lowest BCUT2D eigenvalue weighted by Crippen LogP contribution is -2.31. The molecule has 2 unspecified atom stereocenters. The smallest absolute Gasteiger partial charge is 0.119 e. The predicted molar refractivity (Wildman–Crippen MR) is 90.9 cm³/mol. The number of hydrogen-bond donors (Lipinski definition) is 1. The lowest BCUT2D eigenvalue weighted by Gasteiger charge is -2.22. The zero-order valence-corrected chi connectivity index (χ0v) is 13.8. The van der Waals surface area contributed by atoms with E-state index >= 15 is 0 Å². The number of likely N-dealkylation sites (tertiary alicyclic amines) is 1. The van der Waals surface area contributed by atoms with Gasteiger partial charge in [-0.15, -0.1) is 0 Å². The molecule has 0 bridgehead atoms. The van der Waals surface area contributed by atoms with Crippen LogP contribution in [-0.2, 0) is 6.54 Å². The van der Waals surface area contributed by atoms with Crippen molar-refractivity contribution in [3.8, 4) is 5.75 Å². The summed E-state index contributed by atoms with van der Waals surface area (Å²) in [5.41, 5.74) is 7.81. The van der Waals surface area contributed by atoms with Gasteiger partial charge in [-0.2, -0.15) is 0 Å². The topological polar surface area (TPSA) is 38.5 Å². The lowest BCUT2D eigenvalue weighted by molar-refractivity contribution is 0.295. The normalized spacial score (nSPS) is 24.7. The molecule has 2 fully saturated rings. The maximum atomic E-state index is 6.46. The van der Waals surface area contributed by atoms with E-state index in [1.54, 1.807) is 7.11 Å². The highest BCUT2D eigenvalue weighted by Crippen LogP contribution is 2.31. The molecule has 1 aliphatic carbocycles. The Kier molecular flexibility index (Phi) is 5.37. The molecule has 22 heavy (non-hydrogen) atoms. The molecule has 0 radical (unpaired) electrons. The summed E-state index contributed by atoms with van der Waals surface area (Å²) in [6, 6.07) is 8.87. The van der Waals surface area contributed by atoms with Gasteiger partial charge >= 0.3 is 0 Å². The monoisotopic (exact) mass is 302 g/mol. The summed E-state index contributed by atoms with van der Waals surface area (Å²) in [5.74, 6) is 2.55. The predicted octanol–water partition coefficient (Wildman–Crippen LogP) is 3.42. The molecular weight excluding hydrogens is 272 g/mol. The minimum atomic E-state index is 0.435. The van der Waals surface area contributed by atoms with Gasteiger partial charge in [0.2, 0.25) is 0 Å². The first-order valence-corrected chi connectivity index (χ1v) is 8.85. The van der Waals surface area contributed by atoms with Crippen molar-refractivity contribution >= 4 is 0 Å². The number of methoxy groups -OCH3 is 1. The van der Waals surface area contributed by atoms with Crippen LogP contribution in [0, 0.1) is 11.8 Å². The van der Waals surface area contributed by atoms with E-state index in [0.717, 1.165) is 24.1 Å². The lowest BCUT2D eigenvalue weighted by atomic mass is 9.89. The Labute approximate surface area is 134 Å². The molecule has 122 valence electrons. The van der Waals surface area contributed by atoms with Crippen LogP contribution >= 0.6 is 0 Å². The van der Waals surface area contributed by atoms with Crippen LogP contribution in [0.25, 0.3) is 0 Å². The van der Waals surface area contributed by atoms with Crippen molar-refractivity contribution in [3.63, 3.8) is 0 Å². The van der Waals surface area contributed by atoms with Gasteiger partial charge in [0.05, 0.1) is 7.11 Å². The average Bonchev–Trinajstić information content (AvgIpc) is 3.19. The van der Waals surface area contributed by atoms with E-state index in [4.69, 9.17) is 10.5 Å². The summed E-state index contributed by atoms with van der Waals surface area (Å²) >= 11 is 0. The summed E-state index contributed by atoms with van der Waals surface area (Å²) in [5, 5.41) is 0. The maximum Gasteiger partial charge on any atom is 0.119 e. The van der Waals surface area contributed by atoms with Gasteiger partial charge in [-0.25, -0.2) is 0 Å². The second-order valence-corrected chi connectivity index (χ2v) is 7.19. The molecule has 1 saturated carbocycles. The van der Waals surface area contributed by atoms with Gasteiger partial charge in [0, 0.05) is 19.1 Å². The van der Waals surface area contributed by atoms with Gasteiger partial charge in [-0.05, 0) is 61.8 Å². The zero-order chi connectivity index (χ0) is 15.4. The van der Waals surface area contributed by atoms with Crippen molar-refractivity contribution in [2.75, 3.05) is 20.2 Å². The molecule has 2 N–H and O–H groups in total. The van der Waals surface area contributed by atoms with Crippen LogP contribution in [-0.4, -0.2) is 31.1 Å². The minimum absolute atomic E-state index is 0.435. The van der Waals surface area contributed by atoms with Crippen LogP contribution in [0.5, 0.6) is 5.75 Å². The van der Waals surface area contributed by atoms with Gasteiger partial charge in [0.1, 0.15) is 5.75 Å². The molecule has 3 heteroatoms. The van der Waals surface area contributed by atoms with Gasteiger partial charge in [0.25, 0.3) is 0 Å². The third-order valence-corrected chi connectivity index (χ3v) is 5.52. The summed E-state index contributed by atoms with van der Waals surface area (Å²) in [7, 11) is 1.73. The molecule has 3 nitrogen and oxygen atoms in total. The van der Waals surface area contributed by atoms with Crippen LogP contribution in [0.2, 0.25) is 0 Å². The van der Waals surface area contributed by atoms with E-state index < -0.39 is 0 Å². The fourth-order valence-electron chi connectivity index (χ4n) is 4.24. The summed E-state index contributed by atoms with van der Waals surface area (Å²) in [4.78, 5) is 2.57. The van der Waals surface area contributed by atoms with Crippen molar-refractivity contribution in [3.05, 3.63) is 29.8 Å². The van der Waals surface area contributed by atoms with Crippen LogP contribution in [0.1, 0.15) is 44.1 Å². The largest absolute Gasteiger partial charge is 0.497 e. The Bertz CT molecular complexity index is 470. The van der Waals surface area contributed by atoms with Crippen molar-refractivity contribution in [1.82, 2.24) is 4.90 Å². The number of benzene rings is 1. The van der Waals surface area contributed by atoms with Gasteiger partial charge < -0.3 is 10.5 Å². The maximum absolute atomic E-state index is 6.46. The van der Waals surface area contributed by atoms with Crippen LogP contribution in [0.4, 0.5) is 0 Å². The summed E-state index contributed by atoms with van der Waals surface area (Å²) < 4.78 is 5.31. The molecule has 1 aliphatic heterocycles. The number of hydrogen-bond acceptors (Lipinski definition) is 3. The molecule has 0 aromatic heterocycles. The Balaban J connectivity index is 1.47. The van der Waals surface area contributed by atoms with Crippen molar-refractivity contribution in [2.24, 2.45) is 17.6 Å². The minimum Gasteiger partial charge on any atom is -0.497 e. The van der Waals surface area contributed by atoms with Gasteiger partial charge in [0.15, 0.2) is 0 Å². The third kappa shape index (κ3) is 4.02. The van der Waals surface area contributed by atoms with Crippen molar-refractivity contribution in [1.29, 1.82) is 0 Å². The van der Waals surface area contributed by atoms with Crippen molar-refractivity contribution in [2.45, 2.75) is 51.1 Å². The second-order valence-electron chi connectivity index (χ2n) is 7.19. The van der Waals surface area contributed by atoms with E-state index in [2.05, 4.69) is 23.1 Å². The molecule has 2 atom stereocenters. The number of ether oxygens (including phenoxy) is 1. The van der Waals surface area contributed by atoms with E-state index in [-0.39, 0.29) is 0 Å². The highest BCUT2D eigenvalue weighted by atomic mass is 16.5. The number of nitrogens with zero attached hydrogens (tertiary/aromatic N) is 1. The molecule has 1 aromatic carbocycles. The Hall–Kier alpha value is -1.06. The van der Waals surface area contributed by atoms with Crippen LogP contribution in [0.3, 0.4) is 0 Å². The first-order valence-electron chi connectivity index (χ1n) is 8.85. The average molecular weight is 302 g/mol. The molecule has 1 heterocycles. The van der Waals surface area contributed by atoms with Gasteiger partial charge in [-0.1, -0.05) is 25.0 Å². The first-order chi connectivity index (χ1) is 10.7. The fraction of sp³-hybridized carbons (Fsp3) is 0.684. The fourth-order valence-corrected chi connectivity index (χ4v) is 4.24. The molecule has 3 rings (SSSR count).